The van der Waals surface area contributed by atoms with Crippen molar-refractivity contribution in [3.63, 3.8) is 0 Å². The van der Waals surface area contributed by atoms with Crippen LogP contribution in [0.15, 0.2) is 96.9 Å². The monoisotopic (exact) mass is 467 g/mol. The van der Waals surface area contributed by atoms with Gasteiger partial charge in [-0.1, -0.05) is 71.8 Å². The molecule has 0 unspecified atom stereocenters. The maximum Gasteiger partial charge on any atom is 0.349 e. The number of benzene rings is 3. The topological polar surface area (TPSA) is 21.1 Å². The molecule has 2 aliphatic rings. The van der Waals surface area contributed by atoms with Crippen molar-refractivity contribution in [2.24, 2.45) is 0 Å². The minimum atomic E-state index is 0.00637. The molecule has 6 rings (SSSR count). The van der Waals surface area contributed by atoms with Crippen molar-refractivity contribution < 1.29 is 0 Å². The maximum absolute atomic E-state index is 5.20. The molecule has 0 N–H and O–H groups in total. The molecule has 0 bridgehead atoms. The molecule has 0 amide bonds. The van der Waals surface area contributed by atoms with Crippen molar-refractivity contribution in [1.82, 2.24) is 14.6 Å². The van der Waals surface area contributed by atoms with Gasteiger partial charge in [0.05, 0.1) is 11.4 Å². The van der Waals surface area contributed by atoms with Crippen LogP contribution in [0.4, 0.5) is 0 Å². The Bertz CT molecular complexity index is 1550. The van der Waals surface area contributed by atoms with E-state index in [0.29, 0.717) is 0 Å². The summed E-state index contributed by atoms with van der Waals surface area (Å²) in [5.74, 6) is 0. The van der Waals surface area contributed by atoms with Gasteiger partial charge in [0.2, 0.25) is 0 Å². The Labute approximate surface area is 214 Å². The van der Waals surface area contributed by atoms with E-state index in [0.717, 1.165) is 11.4 Å². The van der Waals surface area contributed by atoms with E-state index >= 15 is 0 Å². The summed E-state index contributed by atoms with van der Waals surface area (Å²) in [6.07, 6.45) is 8.81. The molecule has 3 nitrogen and oxygen atoms in total. The van der Waals surface area contributed by atoms with E-state index in [9.17, 15) is 0 Å². The van der Waals surface area contributed by atoms with Gasteiger partial charge >= 0.3 is 6.85 Å². The second-order valence-electron chi connectivity index (χ2n) is 9.94. The van der Waals surface area contributed by atoms with Crippen LogP contribution in [0.3, 0.4) is 0 Å². The minimum absolute atomic E-state index is 0.00637. The molecule has 4 heteroatoms. The molecule has 4 aromatic rings. The van der Waals surface area contributed by atoms with Gasteiger partial charge in [0.15, 0.2) is 0 Å². The van der Waals surface area contributed by atoms with Crippen molar-refractivity contribution in [3.8, 4) is 5.69 Å². The summed E-state index contributed by atoms with van der Waals surface area (Å²) in [6, 6.07) is 23.7. The zero-order valence-electron chi connectivity index (χ0n) is 21.6. The van der Waals surface area contributed by atoms with Crippen molar-refractivity contribution >= 4 is 23.5 Å². The zero-order valence-corrected chi connectivity index (χ0v) is 21.6. The summed E-state index contributed by atoms with van der Waals surface area (Å²) >= 11 is 0. The first kappa shape index (κ1) is 22.4. The lowest BCUT2D eigenvalue weighted by Gasteiger charge is -2.39. The van der Waals surface area contributed by atoms with Gasteiger partial charge < -0.3 is 4.81 Å². The van der Waals surface area contributed by atoms with Gasteiger partial charge in [0.25, 0.3) is 0 Å². The normalized spacial score (nSPS) is 14.4. The predicted molar refractivity (Wildman–Crippen MR) is 151 cm³/mol. The quantitative estimate of drug-likeness (QED) is 0.362. The fourth-order valence-electron chi connectivity index (χ4n) is 6.02. The third-order valence-corrected chi connectivity index (χ3v) is 7.58. The molecule has 0 saturated heterocycles. The number of rotatable bonds is 3. The molecule has 36 heavy (non-hydrogen) atoms. The van der Waals surface area contributed by atoms with Crippen LogP contribution in [-0.4, -0.2) is 21.4 Å². The Balaban J connectivity index is 1.77. The molecule has 176 valence electrons. The number of allylic oxidation sites excluding steroid dienone is 3. The number of nitrogens with zero attached hydrogens (tertiary/aromatic N) is 3. The summed E-state index contributed by atoms with van der Waals surface area (Å²) in [5.41, 5.74) is 14.9. The van der Waals surface area contributed by atoms with Gasteiger partial charge in [-0.3, -0.25) is 0 Å². The molecule has 1 aromatic heterocycles. The molecular formula is C32H30BN3. The Morgan fingerprint density at radius 2 is 1.31 bits per heavy atom. The first-order valence-corrected chi connectivity index (χ1v) is 12.6. The van der Waals surface area contributed by atoms with Crippen LogP contribution in [-0.2, 0) is 0 Å². The molecule has 0 aliphatic carbocycles. The van der Waals surface area contributed by atoms with E-state index in [-0.39, 0.29) is 6.85 Å². The lowest BCUT2D eigenvalue weighted by molar-refractivity contribution is 0.735. The van der Waals surface area contributed by atoms with Gasteiger partial charge in [-0.25, -0.2) is 4.68 Å². The van der Waals surface area contributed by atoms with Gasteiger partial charge in [0.1, 0.15) is 0 Å². The van der Waals surface area contributed by atoms with Crippen LogP contribution < -0.4 is 11.1 Å². The number of hydrogen-bond donors (Lipinski definition) is 0. The first-order chi connectivity index (χ1) is 17.5. The molecule has 3 heterocycles. The van der Waals surface area contributed by atoms with E-state index in [1.165, 1.54) is 55.7 Å². The Kier molecular flexibility index (Phi) is 5.33. The van der Waals surface area contributed by atoms with Gasteiger partial charge in [-0.2, -0.15) is 5.10 Å². The Morgan fingerprint density at radius 1 is 0.667 bits per heavy atom. The SMILES string of the molecule is Cc1cccc(C)c1B1c2c(c(C)nn2-c2ccccc2)C(c2c(C)cccc2C)=C2C=CC=CN12. The van der Waals surface area contributed by atoms with E-state index < -0.39 is 0 Å². The fourth-order valence-corrected chi connectivity index (χ4v) is 6.02. The maximum atomic E-state index is 5.20. The van der Waals surface area contributed by atoms with Gasteiger partial charge in [-0.05, 0) is 87.3 Å². The molecular weight excluding hydrogens is 437 g/mol. The molecule has 3 aromatic carbocycles. The third kappa shape index (κ3) is 3.32. The van der Waals surface area contributed by atoms with Gasteiger partial charge in [-0.15, -0.1) is 0 Å². The number of aromatic nitrogens is 2. The highest BCUT2D eigenvalue weighted by Crippen LogP contribution is 2.39. The molecule has 0 radical (unpaired) electrons. The molecule has 0 atom stereocenters. The second-order valence-corrected chi connectivity index (χ2v) is 9.94. The summed E-state index contributed by atoms with van der Waals surface area (Å²) in [7, 11) is 0. The lowest BCUT2D eigenvalue weighted by atomic mass is 9.46. The Hall–Kier alpha value is -4.05. The predicted octanol–water partition coefficient (Wildman–Crippen LogP) is 5.68. The largest absolute Gasteiger partial charge is 0.381 e. The summed E-state index contributed by atoms with van der Waals surface area (Å²) in [5, 5.41) is 5.20. The van der Waals surface area contributed by atoms with Crippen LogP contribution in [0, 0.1) is 34.6 Å². The molecule has 2 aliphatic heterocycles. The van der Waals surface area contributed by atoms with Crippen molar-refractivity contribution in [2.45, 2.75) is 34.6 Å². The van der Waals surface area contributed by atoms with Crippen LogP contribution >= 0.6 is 0 Å². The van der Waals surface area contributed by atoms with Gasteiger partial charge in [0, 0.05) is 22.4 Å². The lowest BCUT2D eigenvalue weighted by Crippen LogP contribution is -2.60. The third-order valence-electron chi connectivity index (χ3n) is 7.58. The number of para-hydroxylation sites is 1. The van der Waals surface area contributed by atoms with Crippen molar-refractivity contribution in [1.29, 1.82) is 0 Å². The van der Waals surface area contributed by atoms with Crippen LogP contribution in [0.5, 0.6) is 0 Å². The average molecular weight is 467 g/mol. The smallest absolute Gasteiger partial charge is 0.349 e. The summed E-state index contributed by atoms with van der Waals surface area (Å²) < 4.78 is 2.18. The molecule has 0 fully saturated rings. The van der Waals surface area contributed by atoms with Crippen molar-refractivity contribution in [2.75, 3.05) is 0 Å². The zero-order chi connectivity index (χ0) is 25.0. The summed E-state index contributed by atoms with van der Waals surface area (Å²) in [4.78, 5) is 2.46. The van der Waals surface area contributed by atoms with Crippen LogP contribution in [0.1, 0.15) is 39.1 Å². The molecule has 0 spiro atoms. The minimum Gasteiger partial charge on any atom is -0.381 e. The summed E-state index contributed by atoms with van der Waals surface area (Å²) in [6.45, 7) is 11.1. The second kappa shape index (κ2) is 8.56. The van der Waals surface area contributed by atoms with Crippen LogP contribution in [0.25, 0.3) is 11.3 Å². The number of hydrogen-bond acceptors (Lipinski definition) is 2. The highest BCUT2D eigenvalue weighted by molar-refractivity contribution is 6.85. The van der Waals surface area contributed by atoms with E-state index in [1.807, 2.05) is 0 Å². The van der Waals surface area contributed by atoms with Crippen LogP contribution in [0.2, 0.25) is 0 Å². The first-order valence-electron chi connectivity index (χ1n) is 12.6. The van der Waals surface area contributed by atoms with E-state index in [4.69, 9.17) is 5.10 Å². The Morgan fingerprint density at radius 3 is 1.97 bits per heavy atom. The highest BCUT2D eigenvalue weighted by atomic mass is 15.3. The van der Waals surface area contributed by atoms with E-state index in [1.54, 1.807) is 0 Å². The average Bonchev–Trinajstić information content (AvgIpc) is 3.22. The van der Waals surface area contributed by atoms with Crippen molar-refractivity contribution in [3.05, 3.63) is 136 Å². The standard InChI is InChI=1S/C32H30BN3/c1-21-13-11-14-22(2)28(21)30-27-19-9-10-20-35(27)33(31-23(3)15-12-16-24(31)4)32-29(30)25(5)34-36(32)26-17-7-6-8-18-26/h6-20H,1-5H3. The highest BCUT2D eigenvalue weighted by Gasteiger charge is 2.43. The van der Waals surface area contributed by atoms with E-state index in [2.05, 4.69) is 135 Å². The molecule has 0 saturated carbocycles. The number of fused-ring (bicyclic) bond motifs is 2. The fraction of sp³-hybridized carbons (Fsp3) is 0.156. The number of aryl methyl sites for hydroxylation is 5.